The van der Waals surface area contributed by atoms with Crippen molar-refractivity contribution >= 4 is 17.6 Å². The molecule has 0 saturated carbocycles. The summed E-state index contributed by atoms with van der Waals surface area (Å²) in [6, 6.07) is 8.45. The van der Waals surface area contributed by atoms with Gasteiger partial charge in [0.2, 0.25) is 0 Å². The SMILES string of the molecule is CC(CNC(=O)NCC(O)c1ccc(Cl)cc1)Cn1cccn1. The number of nitrogens with zero attached hydrogens (tertiary/aromatic N) is 2. The van der Waals surface area contributed by atoms with Crippen LogP contribution in [0.25, 0.3) is 0 Å². The lowest BCUT2D eigenvalue weighted by Crippen LogP contribution is -2.40. The van der Waals surface area contributed by atoms with E-state index in [2.05, 4.69) is 15.7 Å². The molecule has 2 atom stereocenters. The molecule has 2 rings (SSSR count). The zero-order valence-corrected chi connectivity index (χ0v) is 13.7. The number of aliphatic hydroxyl groups is 1. The lowest BCUT2D eigenvalue weighted by molar-refractivity contribution is 0.173. The quantitative estimate of drug-likeness (QED) is 0.725. The molecule has 0 fully saturated rings. The van der Waals surface area contributed by atoms with Crippen molar-refractivity contribution in [2.24, 2.45) is 5.92 Å². The molecule has 6 nitrogen and oxygen atoms in total. The van der Waals surface area contributed by atoms with Crippen LogP contribution in [0.15, 0.2) is 42.7 Å². The third kappa shape index (κ3) is 5.92. The molecule has 0 radical (unpaired) electrons. The van der Waals surface area contributed by atoms with Crippen molar-refractivity contribution in [2.75, 3.05) is 13.1 Å². The molecule has 0 aliphatic heterocycles. The predicted octanol–water partition coefficient (Wildman–Crippen LogP) is 2.21. The van der Waals surface area contributed by atoms with Crippen LogP contribution in [0.3, 0.4) is 0 Å². The molecule has 2 unspecified atom stereocenters. The van der Waals surface area contributed by atoms with E-state index in [1.54, 1.807) is 30.5 Å². The Labute approximate surface area is 140 Å². The minimum absolute atomic E-state index is 0.140. The van der Waals surface area contributed by atoms with Crippen LogP contribution in [0.1, 0.15) is 18.6 Å². The summed E-state index contributed by atoms with van der Waals surface area (Å²) in [5, 5.41) is 20.2. The van der Waals surface area contributed by atoms with Crippen LogP contribution >= 0.6 is 11.6 Å². The molecule has 1 aromatic heterocycles. The van der Waals surface area contributed by atoms with Gasteiger partial charge >= 0.3 is 6.03 Å². The van der Waals surface area contributed by atoms with Gasteiger partial charge in [0.15, 0.2) is 0 Å². The number of benzene rings is 1. The van der Waals surface area contributed by atoms with Gasteiger partial charge in [-0.2, -0.15) is 5.10 Å². The van der Waals surface area contributed by atoms with Crippen molar-refractivity contribution in [3.63, 3.8) is 0 Å². The first kappa shape index (κ1) is 17.3. The van der Waals surface area contributed by atoms with Crippen molar-refractivity contribution < 1.29 is 9.90 Å². The summed E-state index contributed by atoms with van der Waals surface area (Å²) in [6.07, 6.45) is 2.85. The number of hydrogen-bond donors (Lipinski definition) is 3. The second kappa shape index (κ2) is 8.55. The number of rotatable bonds is 7. The summed E-state index contributed by atoms with van der Waals surface area (Å²) >= 11 is 5.80. The van der Waals surface area contributed by atoms with E-state index in [9.17, 15) is 9.90 Å². The zero-order valence-electron chi connectivity index (χ0n) is 12.9. The minimum atomic E-state index is -0.764. The molecule has 3 N–H and O–H groups in total. The fourth-order valence-electron chi connectivity index (χ4n) is 2.11. The van der Waals surface area contributed by atoms with Gasteiger partial charge < -0.3 is 15.7 Å². The van der Waals surface area contributed by atoms with Gasteiger partial charge in [-0.25, -0.2) is 4.79 Å². The lowest BCUT2D eigenvalue weighted by atomic mass is 10.1. The van der Waals surface area contributed by atoms with Crippen molar-refractivity contribution in [1.82, 2.24) is 20.4 Å². The van der Waals surface area contributed by atoms with E-state index < -0.39 is 6.10 Å². The number of nitrogens with one attached hydrogen (secondary N) is 2. The molecule has 23 heavy (non-hydrogen) atoms. The molecule has 0 saturated heterocycles. The Morgan fingerprint density at radius 1 is 1.30 bits per heavy atom. The smallest absolute Gasteiger partial charge is 0.314 e. The Bertz CT molecular complexity index is 601. The number of hydrogen-bond acceptors (Lipinski definition) is 3. The van der Waals surface area contributed by atoms with Crippen molar-refractivity contribution in [3.05, 3.63) is 53.3 Å². The van der Waals surface area contributed by atoms with E-state index in [0.717, 1.165) is 6.54 Å². The van der Waals surface area contributed by atoms with E-state index in [1.165, 1.54) is 0 Å². The van der Waals surface area contributed by atoms with Crippen LogP contribution in [-0.2, 0) is 6.54 Å². The van der Waals surface area contributed by atoms with Crippen molar-refractivity contribution in [3.8, 4) is 0 Å². The van der Waals surface area contributed by atoms with Crippen LogP contribution in [0.4, 0.5) is 4.79 Å². The van der Waals surface area contributed by atoms with E-state index in [1.807, 2.05) is 23.9 Å². The van der Waals surface area contributed by atoms with Crippen molar-refractivity contribution in [2.45, 2.75) is 19.6 Å². The summed E-state index contributed by atoms with van der Waals surface area (Å²) < 4.78 is 1.83. The number of aliphatic hydroxyl groups excluding tert-OH is 1. The average Bonchev–Trinajstić information content (AvgIpc) is 3.04. The highest BCUT2D eigenvalue weighted by Gasteiger charge is 2.10. The molecule has 1 heterocycles. The number of carbonyl (C=O) groups excluding carboxylic acids is 1. The largest absolute Gasteiger partial charge is 0.387 e. The molecular formula is C16H21ClN4O2. The van der Waals surface area contributed by atoms with E-state index in [-0.39, 0.29) is 18.5 Å². The number of amides is 2. The molecule has 0 aliphatic rings. The van der Waals surface area contributed by atoms with Crippen LogP contribution in [-0.4, -0.2) is 34.0 Å². The molecule has 2 amide bonds. The Kier molecular flexibility index (Phi) is 6.43. The monoisotopic (exact) mass is 336 g/mol. The zero-order chi connectivity index (χ0) is 16.7. The Hall–Kier alpha value is -2.05. The molecule has 2 aromatic rings. The fraction of sp³-hybridized carbons (Fsp3) is 0.375. The van der Waals surface area contributed by atoms with Crippen LogP contribution in [0, 0.1) is 5.92 Å². The molecule has 0 aliphatic carbocycles. The highest BCUT2D eigenvalue weighted by molar-refractivity contribution is 6.30. The van der Waals surface area contributed by atoms with Crippen LogP contribution in [0.2, 0.25) is 5.02 Å². The van der Waals surface area contributed by atoms with Gasteiger partial charge in [-0.1, -0.05) is 30.7 Å². The van der Waals surface area contributed by atoms with Gasteiger partial charge in [0, 0.05) is 37.1 Å². The Balaban J connectivity index is 1.67. The van der Waals surface area contributed by atoms with Gasteiger partial charge in [-0.3, -0.25) is 4.68 Å². The summed E-state index contributed by atoms with van der Waals surface area (Å²) in [4.78, 5) is 11.8. The molecule has 0 spiro atoms. The summed E-state index contributed by atoms with van der Waals surface area (Å²) in [5.74, 6) is 0.252. The predicted molar refractivity (Wildman–Crippen MR) is 89.2 cm³/mol. The Morgan fingerprint density at radius 2 is 2.00 bits per heavy atom. The summed E-state index contributed by atoms with van der Waals surface area (Å²) in [7, 11) is 0. The molecule has 124 valence electrons. The fourth-order valence-corrected chi connectivity index (χ4v) is 2.24. The maximum Gasteiger partial charge on any atom is 0.314 e. The van der Waals surface area contributed by atoms with E-state index in [0.29, 0.717) is 17.1 Å². The highest BCUT2D eigenvalue weighted by atomic mass is 35.5. The number of aromatic nitrogens is 2. The number of carbonyl (C=O) groups is 1. The first-order valence-corrected chi connectivity index (χ1v) is 7.85. The van der Waals surface area contributed by atoms with E-state index >= 15 is 0 Å². The maximum absolute atomic E-state index is 11.8. The third-order valence-electron chi connectivity index (χ3n) is 3.38. The summed E-state index contributed by atoms with van der Waals surface area (Å²) in [6.45, 7) is 3.44. The molecule has 7 heteroatoms. The Morgan fingerprint density at radius 3 is 2.65 bits per heavy atom. The molecule has 0 bridgehead atoms. The van der Waals surface area contributed by atoms with Crippen LogP contribution < -0.4 is 10.6 Å². The first-order valence-electron chi connectivity index (χ1n) is 7.47. The van der Waals surface area contributed by atoms with Gasteiger partial charge in [-0.15, -0.1) is 0 Å². The van der Waals surface area contributed by atoms with Crippen LogP contribution in [0.5, 0.6) is 0 Å². The second-order valence-corrected chi connectivity index (χ2v) is 5.93. The van der Waals surface area contributed by atoms with Gasteiger partial charge in [0.1, 0.15) is 0 Å². The molecule has 1 aromatic carbocycles. The number of halogens is 1. The normalized spacial score (nSPS) is 13.3. The van der Waals surface area contributed by atoms with Gasteiger partial charge in [-0.05, 0) is 29.7 Å². The standard InChI is InChI=1S/C16H21ClN4O2/c1-12(11-21-8-2-7-20-21)9-18-16(23)19-10-15(22)13-3-5-14(17)6-4-13/h2-8,12,15,22H,9-11H2,1H3,(H2,18,19,23). The van der Waals surface area contributed by atoms with E-state index in [4.69, 9.17) is 11.6 Å². The average molecular weight is 337 g/mol. The van der Waals surface area contributed by atoms with Crippen molar-refractivity contribution in [1.29, 1.82) is 0 Å². The molecular weight excluding hydrogens is 316 g/mol. The van der Waals surface area contributed by atoms with Gasteiger partial charge in [0.25, 0.3) is 0 Å². The lowest BCUT2D eigenvalue weighted by Gasteiger charge is -2.15. The third-order valence-corrected chi connectivity index (χ3v) is 3.63. The van der Waals surface area contributed by atoms with Gasteiger partial charge in [0.05, 0.1) is 6.10 Å². The topological polar surface area (TPSA) is 79.2 Å². The maximum atomic E-state index is 11.8. The summed E-state index contributed by atoms with van der Waals surface area (Å²) in [5.41, 5.74) is 0.710. The first-order chi connectivity index (χ1) is 11.0. The minimum Gasteiger partial charge on any atom is -0.387 e. The second-order valence-electron chi connectivity index (χ2n) is 5.49. The highest BCUT2D eigenvalue weighted by Crippen LogP contribution is 2.15. The number of urea groups is 1.